The molecular weight excluding hydrogens is 274 g/mol. The minimum absolute atomic E-state index is 0.00984. The molecule has 0 atom stereocenters. The number of rotatable bonds is 6. The van der Waals surface area contributed by atoms with Gasteiger partial charge in [0.15, 0.2) is 0 Å². The predicted molar refractivity (Wildman–Crippen MR) is 74.8 cm³/mol. The maximum atomic E-state index is 11.7. The van der Waals surface area contributed by atoms with Gasteiger partial charge in [-0.3, -0.25) is 14.9 Å². The van der Waals surface area contributed by atoms with Crippen molar-refractivity contribution in [3.8, 4) is 6.07 Å². The van der Waals surface area contributed by atoms with E-state index in [9.17, 15) is 14.9 Å². The molecule has 0 N–H and O–H groups in total. The van der Waals surface area contributed by atoms with Crippen molar-refractivity contribution in [2.24, 2.45) is 0 Å². The Balaban J connectivity index is 2.28. The van der Waals surface area contributed by atoms with Gasteiger partial charge in [0.1, 0.15) is 18.2 Å². The van der Waals surface area contributed by atoms with Crippen molar-refractivity contribution in [1.82, 2.24) is 0 Å². The third-order valence-corrected chi connectivity index (χ3v) is 3.22. The Morgan fingerprint density at radius 2 is 2.29 bits per heavy atom. The number of nitro benzene ring substituents is 1. The van der Waals surface area contributed by atoms with Crippen LogP contribution in [0.15, 0.2) is 18.2 Å². The molecule has 1 aliphatic carbocycles. The van der Waals surface area contributed by atoms with Crippen LogP contribution in [-0.2, 0) is 9.53 Å². The molecule has 1 saturated carbocycles. The third kappa shape index (κ3) is 3.48. The summed E-state index contributed by atoms with van der Waals surface area (Å²) in [5, 5.41) is 19.9. The van der Waals surface area contributed by atoms with Crippen LogP contribution in [0, 0.1) is 21.4 Å². The van der Waals surface area contributed by atoms with Gasteiger partial charge >= 0.3 is 5.97 Å². The number of nitro groups is 1. The number of hydrogen-bond acceptors (Lipinski definition) is 6. The lowest BCUT2D eigenvalue weighted by molar-refractivity contribution is -0.385. The zero-order valence-electron chi connectivity index (χ0n) is 11.6. The summed E-state index contributed by atoms with van der Waals surface area (Å²) in [5.74, 6) is -0.364. The second kappa shape index (κ2) is 6.22. The Hall–Kier alpha value is -2.62. The molecule has 1 aliphatic rings. The molecule has 0 aromatic heterocycles. The maximum Gasteiger partial charge on any atom is 0.325 e. The second-order valence-electron chi connectivity index (χ2n) is 4.73. The predicted octanol–water partition coefficient (Wildman–Crippen LogP) is 2.00. The van der Waals surface area contributed by atoms with Crippen molar-refractivity contribution in [3.63, 3.8) is 0 Å². The standard InChI is InChI=1S/C14H15N3O4/c1-2-21-14(18)9-16(11-5-6-11)12-4-3-10(8-15)13(7-12)17(19)20/h3-4,7,11H,2,5-6,9H2,1H3. The van der Waals surface area contributed by atoms with E-state index in [2.05, 4.69) is 0 Å². The average Bonchev–Trinajstić information content (AvgIpc) is 3.29. The number of ether oxygens (including phenoxy) is 1. The molecule has 1 aromatic carbocycles. The molecule has 0 radical (unpaired) electrons. The summed E-state index contributed by atoms with van der Waals surface area (Å²) >= 11 is 0. The van der Waals surface area contributed by atoms with E-state index in [0.717, 1.165) is 12.8 Å². The summed E-state index contributed by atoms with van der Waals surface area (Å²) in [5.41, 5.74) is 0.330. The third-order valence-electron chi connectivity index (χ3n) is 3.22. The van der Waals surface area contributed by atoms with Crippen molar-refractivity contribution < 1.29 is 14.5 Å². The van der Waals surface area contributed by atoms with E-state index in [1.54, 1.807) is 24.0 Å². The Bertz CT molecular complexity index is 605. The van der Waals surface area contributed by atoms with Crippen LogP contribution in [-0.4, -0.2) is 30.1 Å². The minimum Gasteiger partial charge on any atom is -0.465 e. The number of benzene rings is 1. The molecular formula is C14H15N3O4. The van der Waals surface area contributed by atoms with E-state index in [0.29, 0.717) is 12.3 Å². The van der Waals surface area contributed by atoms with Crippen LogP contribution >= 0.6 is 0 Å². The van der Waals surface area contributed by atoms with Gasteiger partial charge in [-0.15, -0.1) is 0 Å². The van der Waals surface area contributed by atoms with Gasteiger partial charge in [-0.1, -0.05) is 0 Å². The molecule has 0 saturated heterocycles. The highest BCUT2D eigenvalue weighted by Gasteiger charge is 2.32. The van der Waals surface area contributed by atoms with E-state index >= 15 is 0 Å². The van der Waals surface area contributed by atoms with E-state index in [4.69, 9.17) is 10.00 Å². The van der Waals surface area contributed by atoms with Gasteiger partial charge in [0.25, 0.3) is 5.69 Å². The average molecular weight is 289 g/mol. The lowest BCUT2D eigenvalue weighted by Crippen LogP contribution is -2.33. The minimum atomic E-state index is -0.586. The first-order valence-corrected chi connectivity index (χ1v) is 6.67. The number of nitrogens with zero attached hydrogens (tertiary/aromatic N) is 3. The van der Waals surface area contributed by atoms with E-state index in [-0.39, 0.29) is 29.8 Å². The Labute approximate surface area is 121 Å². The monoisotopic (exact) mass is 289 g/mol. The number of hydrogen-bond donors (Lipinski definition) is 0. The van der Waals surface area contributed by atoms with Crippen molar-refractivity contribution >= 4 is 17.3 Å². The maximum absolute atomic E-state index is 11.7. The molecule has 7 nitrogen and oxygen atoms in total. The van der Waals surface area contributed by atoms with Crippen LogP contribution in [0.4, 0.5) is 11.4 Å². The van der Waals surface area contributed by atoms with Crippen molar-refractivity contribution in [3.05, 3.63) is 33.9 Å². The van der Waals surface area contributed by atoms with Gasteiger partial charge in [-0.2, -0.15) is 5.26 Å². The lowest BCUT2D eigenvalue weighted by atomic mass is 10.1. The van der Waals surface area contributed by atoms with Crippen molar-refractivity contribution in [2.45, 2.75) is 25.8 Å². The van der Waals surface area contributed by atoms with Crippen LogP contribution in [0.5, 0.6) is 0 Å². The number of anilines is 1. The highest BCUT2D eigenvalue weighted by atomic mass is 16.6. The summed E-state index contributed by atoms with van der Waals surface area (Å²) < 4.78 is 4.93. The lowest BCUT2D eigenvalue weighted by Gasteiger charge is -2.23. The number of esters is 1. The zero-order valence-corrected chi connectivity index (χ0v) is 11.6. The fourth-order valence-corrected chi connectivity index (χ4v) is 2.11. The summed E-state index contributed by atoms with van der Waals surface area (Å²) in [6, 6.07) is 6.38. The Morgan fingerprint density at radius 3 is 2.81 bits per heavy atom. The summed E-state index contributed by atoms with van der Waals surface area (Å²) in [4.78, 5) is 23.9. The van der Waals surface area contributed by atoms with Crippen molar-refractivity contribution in [2.75, 3.05) is 18.1 Å². The number of carbonyl (C=O) groups excluding carboxylic acids is 1. The van der Waals surface area contributed by atoms with Gasteiger partial charge in [-0.25, -0.2) is 0 Å². The molecule has 1 aromatic rings. The summed E-state index contributed by atoms with van der Waals surface area (Å²) in [7, 11) is 0. The molecule has 7 heteroatoms. The SMILES string of the molecule is CCOC(=O)CN(c1ccc(C#N)c([N+](=O)[O-])c1)C1CC1. The molecule has 0 amide bonds. The zero-order chi connectivity index (χ0) is 15.4. The second-order valence-corrected chi connectivity index (χ2v) is 4.73. The van der Waals surface area contributed by atoms with Crippen LogP contribution in [0.1, 0.15) is 25.3 Å². The Kier molecular flexibility index (Phi) is 4.38. The quantitative estimate of drug-likeness (QED) is 0.451. The van der Waals surface area contributed by atoms with Crippen LogP contribution < -0.4 is 4.90 Å². The normalized spacial score (nSPS) is 13.3. The molecule has 0 aliphatic heterocycles. The van der Waals surface area contributed by atoms with E-state index in [1.807, 2.05) is 0 Å². The molecule has 2 rings (SSSR count). The van der Waals surface area contributed by atoms with Gasteiger partial charge in [-0.05, 0) is 31.9 Å². The van der Waals surface area contributed by atoms with Crippen LogP contribution in [0.2, 0.25) is 0 Å². The van der Waals surface area contributed by atoms with Gasteiger partial charge < -0.3 is 9.64 Å². The molecule has 0 unspecified atom stereocenters. The van der Waals surface area contributed by atoms with Crippen LogP contribution in [0.25, 0.3) is 0 Å². The Morgan fingerprint density at radius 1 is 1.57 bits per heavy atom. The molecule has 110 valence electrons. The summed E-state index contributed by atoms with van der Waals surface area (Å²) in [6.07, 6.45) is 1.88. The topological polar surface area (TPSA) is 96.5 Å². The van der Waals surface area contributed by atoms with Gasteiger partial charge in [0.2, 0.25) is 0 Å². The smallest absolute Gasteiger partial charge is 0.325 e. The highest BCUT2D eigenvalue weighted by molar-refractivity contribution is 5.77. The van der Waals surface area contributed by atoms with Gasteiger partial charge in [0.05, 0.1) is 11.5 Å². The number of nitriles is 1. The molecule has 0 bridgehead atoms. The first-order chi connectivity index (χ1) is 10.1. The fraction of sp³-hybridized carbons (Fsp3) is 0.429. The summed E-state index contributed by atoms with van der Waals surface area (Å²) in [6.45, 7) is 2.08. The largest absolute Gasteiger partial charge is 0.465 e. The van der Waals surface area contributed by atoms with E-state index in [1.165, 1.54) is 12.1 Å². The first kappa shape index (κ1) is 14.8. The van der Waals surface area contributed by atoms with Gasteiger partial charge in [0, 0.05) is 17.8 Å². The van der Waals surface area contributed by atoms with E-state index < -0.39 is 4.92 Å². The number of carbonyl (C=O) groups is 1. The first-order valence-electron chi connectivity index (χ1n) is 6.67. The highest BCUT2D eigenvalue weighted by Crippen LogP contribution is 2.34. The molecule has 0 spiro atoms. The van der Waals surface area contributed by atoms with Crippen molar-refractivity contribution in [1.29, 1.82) is 5.26 Å². The fourth-order valence-electron chi connectivity index (χ4n) is 2.11. The molecule has 1 fully saturated rings. The molecule has 21 heavy (non-hydrogen) atoms. The van der Waals surface area contributed by atoms with Crippen LogP contribution in [0.3, 0.4) is 0 Å². The molecule has 0 heterocycles.